The van der Waals surface area contributed by atoms with E-state index < -0.39 is 97.5 Å². The highest BCUT2D eigenvalue weighted by Crippen LogP contribution is 2.45. The zero-order chi connectivity index (χ0) is 72.4. The first-order valence-electron chi connectivity index (χ1n) is 40.8. The Hall–Kier alpha value is -1.94. The molecule has 17 nitrogen and oxygen atoms in total. The molecule has 582 valence electrons. The number of carbonyl (C=O) groups is 4. The fraction of sp³-hybridized carbons (Fsp3) is 0.949. The van der Waals surface area contributed by atoms with Crippen LogP contribution in [0.2, 0.25) is 0 Å². The van der Waals surface area contributed by atoms with Crippen LogP contribution in [0.25, 0.3) is 0 Å². The van der Waals surface area contributed by atoms with E-state index in [1.807, 2.05) is 0 Å². The van der Waals surface area contributed by atoms with Gasteiger partial charge in [0.15, 0.2) is 12.2 Å². The van der Waals surface area contributed by atoms with Gasteiger partial charge in [0.1, 0.15) is 19.3 Å². The van der Waals surface area contributed by atoms with Gasteiger partial charge < -0.3 is 33.8 Å². The van der Waals surface area contributed by atoms with Crippen molar-refractivity contribution < 1.29 is 80.2 Å². The largest absolute Gasteiger partial charge is 0.472 e. The van der Waals surface area contributed by atoms with Gasteiger partial charge in [0, 0.05) is 25.7 Å². The highest BCUT2D eigenvalue weighted by atomic mass is 31.2. The number of phosphoric ester groups is 2. The minimum Gasteiger partial charge on any atom is -0.462 e. The van der Waals surface area contributed by atoms with Crippen molar-refractivity contribution in [1.82, 2.24) is 0 Å². The molecule has 0 saturated carbocycles. The molecule has 0 heterocycles. The van der Waals surface area contributed by atoms with Gasteiger partial charge in [0.05, 0.1) is 26.4 Å². The normalized spacial score (nSPS) is 14.6. The van der Waals surface area contributed by atoms with Gasteiger partial charge in [-0.05, 0) is 49.4 Å². The Morgan fingerprint density at radius 3 is 0.724 bits per heavy atom. The van der Waals surface area contributed by atoms with E-state index in [1.165, 1.54) is 199 Å². The minimum absolute atomic E-state index is 0.104. The number of esters is 4. The third-order valence-electron chi connectivity index (χ3n) is 19.0. The van der Waals surface area contributed by atoms with E-state index in [0.29, 0.717) is 31.6 Å². The molecule has 0 rings (SSSR count). The van der Waals surface area contributed by atoms with Gasteiger partial charge in [-0.15, -0.1) is 0 Å². The number of hydrogen-bond acceptors (Lipinski definition) is 15. The predicted octanol–water partition coefficient (Wildman–Crippen LogP) is 23.2. The van der Waals surface area contributed by atoms with Gasteiger partial charge in [-0.25, -0.2) is 9.13 Å². The van der Waals surface area contributed by atoms with Crippen LogP contribution in [0.1, 0.15) is 402 Å². The van der Waals surface area contributed by atoms with Gasteiger partial charge in [-0.3, -0.25) is 37.3 Å². The van der Waals surface area contributed by atoms with Crippen LogP contribution in [0.3, 0.4) is 0 Å². The molecular formula is C79H154O17P2. The van der Waals surface area contributed by atoms with E-state index in [1.54, 1.807) is 0 Å². The summed E-state index contributed by atoms with van der Waals surface area (Å²) in [5.41, 5.74) is 0. The lowest BCUT2D eigenvalue weighted by molar-refractivity contribution is -0.161. The summed E-state index contributed by atoms with van der Waals surface area (Å²) in [6, 6.07) is 0. The average molecular weight is 1440 g/mol. The van der Waals surface area contributed by atoms with Crippen molar-refractivity contribution in [2.24, 2.45) is 23.7 Å². The molecule has 0 fully saturated rings. The summed E-state index contributed by atoms with van der Waals surface area (Å²) in [4.78, 5) is 72.9. The zero-order valence-electron chi connectivity index (χ0n) is 64.4. The lowest BCUT2D eigenvalue weighted by Crippen LogP contribution is -2.30. The first-order chi connectivity index (χ1) is 47.2. The lowest BCUT2D eigenvalue weighted by Gasteiger charge is -2.21. The number of aliphatic hydroxyl groups is 1. The van der Waals surface area contributed by atoms with Crippen molar-refractivity contribution in [2.75, 3.05) is 39.6 Å². The molecule has 0 aliphatic carbocycles. The summed E-state index contributed by atoms with van der Waals surface area (Å²) in [5, 5.41) is 10.6. The fourth-order valence-electron chi connectivity index (χ4n) is 12.0. The maximum Gasteiger partial charge on any atom is 0.472 e. The summed E-state index contributed by atoms with van der Waals surface area (Å²) in [5.74, 6) is 1.01. The molecule has 3 N–H and O–H groups in total. The molecule has 7 atom stereocenters. The van der Waals surface area contributed by atoms with Gasteiger partial charge in [0.25, 0.3) is 0 Å². The van der Waals surface area contributed by atoms with E-state index in [2.05, 4.69) is 55.4 Å². The van der Waals surface area contributed by atoms with Gasteiger partial charge >= 0.3 is 39.5 Å². The van der Waals surface area contributed by atoms with Crippen LogP contribution in [-0.2, 0) is 65.4 Å². The molecular weight excluding hydrogens is 1280 g/mol. The molecule has 0 aromatic rings. The highest BCUT2D eigenvalue weighted by molar-refractivity contribution is 7.47. The molecule has 0 aromatic carbocycles. The molecule has 0 radical (unpaired) electrons. The second-order valence-electron chi connectivity index (χ2n) is 29.9. The maximum atomic E-state index is 13.1. The molecule has 0 aliphatic rings. The van der Waals surface area contributed by atoms with Crippen LogP contribution < -0.4 is 0 Å². The quantitative estimate of drug-likeness (QED) is 0.0222. The Kier molecular flexibility index (Phi) is 66.8. The number of rotatable bonds is 76. The van der Waals surface area contributed by atoms with E-state index in [0.717, 1.165) is 114 Å². The topological polar surface area (TPSA) is 237 Å². The van der Waals surface area contributed by atoms with Gasteiger partial charge in [-0.1, -0.05) is 351 Å². The molecule has 98 heavy (non-hydrogen) atoms. The van der Waals surface area contributed by atoms with Crippen LogP contribution in [0.4, 0.5) is 0 Å². The minimum atomic E-state index is -4.96. The van der Waals surface area contributed by atoms with Crippen molar-refractivity contribution in [1.29, 1.82) is 0 Å². The molecule has 0 aliphatic heterocycles. The Morgan fingerprint density at radius 2 is 0.490 bits per heavy atom. The highest BCUT2D eigenvalue weighted by Gasteiger charge is 2.30. The Balaban J connectivity index is 5.24. The molecule has 0 bridgehead atoms. The van der Waals surface area contributed by atoms with Crippen molar-refractivity contribution in [2.45, 2.75) is 420 Å². The van der Waals surface area contributed by atoms with E-state index in [9.17, 15) is 43.2 Å². The standard InChI is InChI=1S/C79H154O17P2/c1-9-71(7)57-49-41-33-25-21-17-14-15-18-22-26-35-43-51-59-76(81)89-65-74(95-78(83)61-53-45-36-27-23-19-13-11-12-16-20-24-31-39-47-55-69(3)4)67-93-97(85,86)91-63-73(80)64-92-98(87,88)94-68-75(66-90-77(82)60-52-44-38-30-32-40-48-56-70(5)6)96-79(84)62-54-46-37-29-28-34-42-50-58-72(8)10-2/h69-75,80H,9-68H2,1-8H3,(H,85,86)(H,87,88)/t71?,72?,73?,74-,75-/m1/s1. The second-order valence-corrected chi connectivity index (χ2v) is 32.8. The third-order valence-corrected chi connectivity index (χ3v) is 20.9. The molecule has 0 saturated heterocycles. The number of phosphoric acid groups is 2. The smallest absolute Gasteiger partial charge is 0.462 e. The number of hydrogen-bond donors (Lipinski definition) is 3. The van der Waals surface area contributed by atoms with Crippen LogP contribution >= 0.6 is 15.6 Å². The first kappa shape index (κ1) is 96.1. The Morgan fingerprint density at radius 1 is 0.286 bits per heavy atom. The van der Waals surface area contributed by atoms with E-state index in [-0.39, 0.29) is 25.7 Å². The van der Waals surface area contributed by atoms with Crippen molar-refractivity contribution >= 4 is 39.5 Å². The van der Waals surface area contributed by atoms with Crippen molar-refractivity contribution in [3.05, 3.63) is 0 Å². The lowest BCUT2D eigenvalue weighted by atomic mass is 9.99. The molecule has 0 spiro atoms. The van der Waals surface area contributed by atoms with Crippen LogP contribution in [0.5, 0.6) is 0 Å². The Bertz CT molecular complexity index is 1920. The monoisotopic (exact) mass is 1440 g/mol. The van der Waals surface area contributed by atoms with Crippen LogP contribution in [0, 0.1) is 23.7 Å². The molecule has 19 heteroatoms. The Labute approximate surface area is 600 Å². The zero-order valence-corrected chi connectivity index (χ0v) is 66.2. The molecule has 0 amide bonds. The number of unbranched alkanes of at least 4 members (excludes halogenated alkanes) is 40. The first-order valence-corrected chi connectivity index (χ1v) is 43.8. The van der Waals surface area contributed by atoms with Gasteiger partial charge in [0.2, 0.25) is 0 Å². The summed E-state index contributed by atoms with van der Waals surface area (Å²) in [7, 11) is -9.92. The van der Waals surface area contributed by atoms with E-state index in [4.69, 9.17) is 37.0 Å². The predicted molar refractivity (Wildman–Crippen MR) is 400 cm³/mol. The van der Waals surface area contributed by atoms with E-state index >= 15 is 0 Å². The maximum absolute atomic E-state index is 13.1. The fourth-order valence-corrected chi connectivity index (χ4v) is 13.6. The van der Waals surface area contributed by atoms with Crippen molar-refractivity contribution in [3.8, 4) is 0 Å². The molecule has 5 unspecified atom stereocenters. The molecule has 0 aromatic heterocycles. The average Bonchev–Trinajstić information content (AvgIpc) is 1.04. The summed E-state index contributed by atoms with van der Waals surface area (Å²) in [6.07, 6.45) is 54.1. The van der Waals surface area contributed by atoms with Crippen molar-refractivity contribution in [3.63, 3.8) is 0 Å². The summed E-state index contributed by atoms with van der Waals surface area (Å²) in [6.45, 7) is 14.2. The summed E-state index contributed by atoms with van der Waals surface area (Å²) < 4.78 is 68.6. The van der Waals surface area contributed by atoms with Gasteiger partial charge in [-0.2, -0.15) is 0 Å². The second kappa shape index (κ2) is 68.2. The third kappa shape index (κ3) is 69.8. The summed E-state index contributed by atoms with van der Waals surface area (Å²) >= 11 is 0. The number of ether oxygens (including phenoxy) is 4. The van der Waals surface area contributed by atoms with Crippen LogP contribution in [0.15, 0.2) is 0 Å². The number of carbonyl (C=O) groups excluding carboxylic acids is 4. The van der Waals surface area contributed by atoms with Crippen LogP contribution in [-0.4, -0.2) is 96.7 Å². The number of aliphatic hydroxyl groups excluding tert-OH is 1. The SMILES string of the molecule is CCC(C)CCCCCCCCCCCCCCCCC(=O)OC[C@H](COP(=O)(O)OCC(O)COP(=O)(O)OC[C@@H](COC(=O)CCCCCCCCCC(C)C)OC(=O)CCCCCCCCCCC(C)CC)OC(=O)CCCCCCCCCCCCCCCCCC(C)C.